The van der Waals surface area contributed by atoms with Crippen molar-refractivity contribution in [2.45, 2.75) is 18.4 Å². The normalized spacial score (nSPS) is 11.6. The first-order chi connectivity index (χ1) is 9.86. The molecule has 0 unspecified atom stereocenters. The van der Waals surface area contributed by atoms with Gasteiger partial charge in [-0.1, -0.05) is 17.7 Å². The molecule has 0 saturated carbocycles. The van der Waals surface area contributed by atoms with Crippen molar-refractivity contribution in [3.63, 3.8) is 0 Å². The van der Waals surface area contributed by atoms with E-state index in [0.29, 0.717) is 17.0 Å². The van der Waals surface area contributed by atoms with E-state index in [9.17, 15) is 12.8 Å². The maximum Gasteiger partial charge on any atom is 0.263 e. The van der Waals surface area contributed by atoms with Crippen molar-refractivity contribution in [1.29, 1.82) is 0 Å². The fourth-order valence-corrected chi connectivity index (χ4v) is 4.97. The number of hydrogen-bond donors (Lipinski definition) is 2. The number of thiophene rings is 1. The second-order valence-electron chi connectivity index (χ2n) is 4.41. The zero-order valence-corrected chi connectivity index (χ0v) is 13.8. The molecule has 0 radical (unpaired) electrons. The minimum Gasteiger partial charge on any atom is -0.315 e. The Morgan fingerprint density at radius 1 is 1.38 bits per heavy atom. The van der Waals surface area contributed by atoms with Gasteiger partial charge in [0.05, 0.1) is 10.7 Å². The number of nitrogens with one attached hydrogen (secondary N) is 2. The molecule has 2 aromatic rings. The molecule has 0 saturated heterocycles. The van der Waals surface area contributed by atoms with Crippen molar-refractivity contribution in [3.8, 4) is 0 Å². The Hall–Kier alpha value is -1.15. The Bertz CT molecular complexity index is 760. The predicted octanol–water partition coefficient (Wildman–Crippen LogP) is 3.37. The van der Waals surface area contributed by atoms with E-state index in [2.05, 4.69) is 10.0 Å². The van der Waals surface area contributed by atoms with Crippen LogP contribution in [0.5, 0.6) is 0 Å². The van der Waals surface area contributed by atoms with Gasteiger partial charge in [-0.15, -0.1) is 11.3 Å². The van der Waals surface area contributed by atoms with Crippen molar-refractivity contribution in [3.05, 3.63) is 44.9 Å². The zero-order valence-electron chi connectivity index (χ0n) is 11.4. The van der Waals surface area contributed by atoms with Gasteiger partial charge in [-0.3, -0.25) is 4.72 Å². The topological polar surface area (TPSA) is 58.2 Å². The molecule has 8 heteroatoms. The summed E-state index contributed by atoms with van der Waals surface area (Å²) in [5.74, 6) is -0.786. The first-order valence-electron chi connectivity index (χ1n) is 6.05. The summed E-state index contributed by atoms with van der Waals surface area (Å²) in [5.41, 5.74) is 0.462. The Morgan fingerprint density at radius 3 is 2.76 bits per heavy atom. The molecule has 2 N–H and O–H groups in total. The molecule has 1 aromatic carbocycles. The lowest BCUT2D eigenvalue weighted by Gasteiger charge is -2.11. The third kappa shape index (κ3) is 3.37. The van der Waals surface area contributed by atoms with Crippen LogP contribution >= 0.6 is 22.9 Å². The molecule has 2 rings (SSSR count). The molecule has 0 spiro atoms. The summed E-state index contributed by atoms with van der Waals surface area (Å²) in [4.78, 5) is 0.853. The Morgan fingerprint density at radius 2 is 2.10 bits per heavy atom. The Labute approximate surface area is 132 Å². The molecule has 114 valence electrons. The lowest BCUT2D eigenvalue weighted by Crippen LogP contribution is -2.17. The van der Waals surface area contributed by atoms with Crippen molar-refractivity contribution in [1.82, 2.24) is 5.32 Å². The molecule has 4 nitrogen and oxygen atoms in total. The van der Waals surface area contributed by atoms with E-state index in [4.69, 9.17) is 11.6 Å². The number of rotatable bonds is 5. The van der Waals surface area contributed by atoms with Crippen LogP contribution in [0.2, 0.25) is 5.02 Å². The van der Waals surface area contributed by atoms with E-state index >= 15 is 0 Å². The van der Waals surface area contributed by atoms with Gasteiger partial charge in [0.2, 0.25) is 0 Å². The van der Waals surface area contributed by atoms with E-state index in [1.807, 2.05) is 0 Å². The number of halogens is 2. The van der Waals surface area contributed by atoms with Gasteiger partial charge >= 0.3 is 0 Å². The molecule has 1 aromatic heterocycles. The fraction of sp³-hybridized carbons (Fsp3) is 0.231. The number of benzene rings is 1. The smallest absolute Gasteiger partial charge is 0.263 e. The zero-order chi connectivity index (χ0) is 15.6. The van der Waals surface area contributed by atoms with Crippen molar-refractivity contribution in [2.24, 2.45) is 0 Å². The first-order valence-corrected chi connectivity index (χ1v) is 8.79. The molecule has 1 heterocycles. The van der Waals surface area contributed by atoms with Crippen LogP contribution in [0, 0.1) is 12.7 Å². The van der Waals surface area contributed by atoms with Gasteiger partial charge in [-0.05, 0) is 37.0 Å². The number of aryl methyl sites for hydroxylation is 1. The molecule has 0 fully saturated rings. The summed E-state index contributed by atoms with van der Waals surface area (Å²) in [7, 11) is -2.14. The maximum absolute atomic E-state index is 13.9. The molecule has 21 heavy (non-hydrogen) atoms. The van der Waals surface area contributed by atoms with Crippen molar-refractivity contribution in [2.75, 3.05) is 11.8 Å². The largest absolute Gasteiger partial charge is 0.315 e. The predicted molar refractivity (Wildman–Crippen MR) is 84.0 cm³/mol. The molecular formula is C13H14ClFN2O2S2. The van der Waals surface area contributed by atoms with Crippen LogP contribution in [0.4, 0.5) is 10.1 Å². The average molecular weight is 349 g/mol. The highest BCUT2D eigenvalue weighted by atomic mass is 35.5. The highest BCUT2D eigenvalue weighted by Crippen LogP contribution is 2.30. The third-order valence-electron chi connectivity index (χ3n) is 2.79. The molecule has 0 aliphatic carbocycles. The summed E-state index contributed by atoms with van der Waals surface area (Å²) in [6.07, 6.45) is 0. The second-order valence-corrected chi connectivity index (χ2v) is 7.40. The number of sulfonamides is 1. The molecule has 0 bridgehead atoms. The monoisotopic (exact) mass is 348 g/mol. The summed E-state index contributed by atoms with van der Waals surface area (Å²) in [6, 6.07) is 4.17. The van der Waals surface area contributed by atoms with E-state index < -0.39 is 15.8 Å². The van der Waals surface area contributed by atoms with Crippen LogP contribution in [0.15, 0.2) is 28.5 Å². The summed E-state index contributed by atoms with van der Waals surface area (Å²) < 4.78 is 41.1. The van der Waals surface area contributed by atoms with Crippen LogP contribution in [-0.2, 0) is 16.6 Å². The average Bonchev–Trinajstić information content (AvgIpc) is 2.77. The van der Waals surface area contributed by atoms with Crippen LogP contribution in [0.3, 0.4) is 0 Å². The van der Waals surface area contributed by atoms with E-state index in [1.165, 1.54) is 29.5 Å². The summed E-state index contributed by atoms with van der Waals surface area (Å²) >= 11 is 7.01. The minimum atomic E-state index is -3.87. The van der Waals surface area contributed by atoms with Crippen LogP contribution < -0.4 is 10.0 Å². The van der Waals surface area contributed by atoms with Gasteiger partial charge < -0.3 is 5.32 Å². The van der Waals surface area contributed by atoms with E-state index in [0.717, 1.165) is 0 Å². The Balaban J connectivity index is 2.44. The second kappa shape index (κ2) is 6.31. The molecule has 0 atom stereocenters. The lowest BCUT2D eigenvalue weighted by atomic mass is 10.3. The van der Waals surface area contributed by atoms with Gasteiger partial charge in [0.1, 0.15) is 4.90 Å². The number of hydrogen-bond acceptors (Lipinski definition) is 4. The molecule has 0 aliphatic heterocycles. The van der Waals surface area contributed by atoms with Gasteiger partial charge in [0, 0.05) is 11.4 Å². The number of anilines is 1. The third-order valence-corrected chi connectivity index (χ3v) is 5.91. The van der Waals surface area contributed by atoms with Gasteiger partial charge in [-0.25, -0.2) is 12.8 Å². The first kappa shape index (κ1) is 16.2. The van der Waals surface area contributed by atoms with Crippen LogP contribution in [0.1, 0.15) is 10.4 Å². The Kier molecular flexibility index (Phi) is 4.88. The van der Waals surface area contributed by atoms with E-state index in [-0.39, 0.29) is 15.6 Å². The van der Waals surface area contributed by atoms with Gasteiger partial charge in [0.15, 0.2) is 5.82 Å². The van der Waals surface area contributed by atoms with Gasteiger partial charge in [-0.2, -0.15) is 0 Å². The van der Waals surface area contributed by atoms with Crippen molar-refractivity contribution >= 4 is 38.6 Å². The highest BCUT2D eigenvalue weighted by molar-refractivity contribution is 7.93. The maximum atomic E-state index is 13.9. The quantitative estimate of drug-likeness (QED) is 0.871. The van der Waals surface area contributed by atoms with Crippen LogP contribution in [0.25, 0.3) is 0 Å². The van der Waals surface area contributed by atoms with Crippen LogP contribution in [-0.4, -0.2) is 15.5 Å². The SMILES string of the molecule is CNCc1scc(C)c1S(=O)(=O)Nc1cccc(Cl)c1F. The standard InChI is InChI=1S/C13H14ClFN2O2S2/c1-8-7-20-11(6-16-2)13(8)21(18,19)17-10-5-3-4-9(14)12(10)15/h3-5,7,16-17H,6H2,1-2H3. The fourth-order valence-electron chi connectivity index (χ4n) is 1.91. The van der Waals surface area contributed by atoms with Gasteiger partial charge in [0.25, 0.3) is 10.0 Å². The minimum absolute atomic E-state index is 0.132. The lowest BCUT2D eigenvalue weighted by molar-refractivity contribution is 0.597. The van der Waals surface area contributed by atoms with E-state index in [1.54, 1.807) is 19.4 Å². The molecule has 0 amide bonds. The molecule has 0 aliphatic rings. The van der Waals surface area contributed by atoms with Crippen molar-refractivity contribution < 1.29 is 12.8 Å². The summed E-state index contributed by atoms with van der Waals surface area (Å²) in [5, 5.41) is 4.54. The molecular weight excluding hydrogens is 335 g/mol. The summed E-state index contributed by atoms with van der Waals surface area (Å²) in [6.45, 7) is 2.13. The highest BCUT2D eigenvalue weighted by Gasteiger charge is 2.24.